The van der Waals surface area contributed by atoms with Crippen molar-refractivity contribution in [2.75, 3.05) is 13.1 Å². The zero-order valence-corrected chi connectivity index (χ0v) is 27.0. The summed E-state index contributed by atoms with van der Waals surface area (Å²) in [5.74, 6) is 0.775. The Morgan fingerprint density at radius 2 is 1.00 bits per heavy atom. The monoisotopic (exact) mass is 624 g/mol. The topological polar surface area (TPSA) is 138 Å². The Morgan fingerprint density at radius 1 is 0.652 bits per heavy atom. The van der Waals surface area contributed by atoms with Crippen LogP contribution in [0.3, 0.4) is 0 Å². The highest BCUT2D eigenvalue weighted by Gasteiger charge is 2.37. The van der Waals surface area contributed by atoms with Crippen molar-refractivity contribution >= 4 is 11.8 Å². The number of aliphatic hydroxyl groups is 2. The van der Waals surface area contributed by atoms with Gasteiger partial charge in [-0.2, -0.15) is 0 Å². The first-order valence-electron chi connectivity index (χ1n) is 16.4. The lowest BCUT2D eigenvalue weighted by Gasteiger charge is -2.27. The van der Waals surface area contributed by atoms with Gasteiger partial charge >= 0.3 is 0 Å². The molecule has 2 aromatic carbocycles. The minimum atomic E-state index is -1.00. The lowest BCUT2D eigenvalue weighted by Crippen LogP contribution is -2.41. The molecule has 0 saturated carbocycles. The van der Waals surface area contributed by atoms with Crippen molar-refractivity contribution < 1.29 is 19.8 Å². The summed E-state index contributed by atoms with van der Waals surface area (Å²) in [6.07, 6.45) is 5.03. The molecule has 0 aliphatic carbocycles. The van der Waals surface area contributed by atoms with E-state index in [4.69, 9.17) is 0 Å². The van der Waals surface area contributed by atoms with Crippen molar-refractivity contribution in [1.82, 2.24) is 29.7 Å². The predicted octanol–water partition coefficient (Wildman–Crippen LogP) is 5.49. The standard InChI is InChI=1S/C36H44N6O4/c1-21(2)31(43)35(45)41-17-5-7-29(41)33-37-19-27(39-33)25-13-9-23(10-14-25)24-11-15-26(16-12-24)28-20-38-34(40-28)30-8-6-18-42(30)36(46)32(44)22(3)4/h9-16,19-22,29-32,43-44H,5-8,17-18H2,1-4H3,(H,37,39)(H,38,40)/t29-,30-,31+,32+/m0/s1. The second kappa shape index (κ2) is 13.2. The average Bonchev–Trinajstić information content (AvgIpc) is 3.89. The maximum atomic E-state index is 12.9. The van der Waals surface area contributed by atoms with Gasteiger partial charge in [0.1, 0.15) is 23.9 Å². The molecule has 2 fully saturated rings. The number of H-pyrrole nitrogens is 2. The maximum Gasteiger partial charge on any atom is 0.252 e. The molecular weight excluding hydrogens is 580 g/mol. The van der Waals surface area contributed by atoms with E-state index < -0.39 is 12.2 Å². The Balaban J connectivity index is 1.12. The van der Waals surface area contributed by atoms with Crippen LogP contribution in [0.25, 0.3) is 33.6 Å². The molecule has 46 heavy (non-hydrogen) atoms. The van der Waals surface area contributed by atoms with E-state index in [-0.39, 0.29) is 35.7 Å². The second-order valence-corrected chi connectivity index (χ2v) is 13.3. The van der Waals surface area contributed by atoms with Gasteiger partial charge in [-0.3, -0.25) is 9.59 Å². The maximum absolute atomic E-state index is 12.9. The SMILES string of the molecule is CC(C)[C@@H](O)C(=O)N1CCC[C@H]1c1ncc(-c2ccc(-c3ccc(-c4cnc([C@@H]5CCCN5C(=O)[C@H](O)C(C)C)[nH]4)cc3)cc2)[nH]1. The first-order chi connectivity index (χ1) is 22.1. The van der Waals surface area contributed by atoms with Crippen LogP contribution in [0.5, 0.6) is 0 Å². The number of likely N-dealkylation sites (tertiary alicyclic amines) is 2. The number of imidazole rings is 2. The van der Waals surface area contributed by atoms with Crippen LogP contribution in [-0.2, 0) is 9.59 Å². The van der Waals surface area contributed by atoms with E-state index in [1.54, 1.807) is 9.80 Å². The number of carbonyl (C=O) groups is 2. The molecule has 4 atom stereocenters. The van der Waals surface area contributed by atoms with Crippen molar-refractivity contribution in [2.24, 2.45) is 11.8 Å². The van der Waals surface area contributed by atoms with Gasteiger partial charge in [0.15, 0.2) is 0 Å². The van der Waals surface area contributed by atoms with E-state index in [2.05, 4.69) is 68.5 Å². The summed E-state index contributed by atoms with van der Waals surface area (Å²) in [5.41, 5.74) is 5.94. The molecule has 2 saturated heterocycles. The van der Waals surface area contributed by atoms with Gasteiger partial charge in [-0.15, -0.1) is 0 Å². The first kappa shape index (κ1) is 31.7. The molecule has 2 aromatic heterocycles. The Bertz CT molecular complexity index is 1530. The molecule has 0 unspecified atom stereocenters. The number of nitrogens with one attached hydrogen (secondary N) is 2. The van der Waals surface area contributed by atoms with Gasteiger partial charge in [0.2, 0.25) is 0 Å². The Kier molecular flexibility index (Phi) is 9.11. The molecule has 242 valence electrons. The number of aromatic nitrogens is 4. The number of hydrogen-bond donors (Lipinski definition) is 4. The second-order valence-electron chi connectivity index (χ2n) is 13.3. The van der Waals surface area contributed by atoms with Crippen molar-refractivity contribution in [3.05, 3.63) is 72.6 Å². The zero-order valence-electron chi connectivity index (χ0n) is 27.0. The van der Waals surface area contributed by atoms with Crippen LogP contribution >= 0.6 is 0 Å². The van der Waals surface area contributed by atoms with Gasteiger partial charge in [0.25, 0.3) is 11.8 Å². The number of carbonyl (C=O) groups excluding carboxylic acids is 2. The molecule has 2 amide bonds. The van der Waals surface area contributed by atoms with Gasteiger partial charge in [-0.1, -0.05) is 76.2 Å². The molecule has 2 aliphatic heterocycles. The molecule has 4 N–H and O–H groups in total. The quantitative estimate of drug-likeness (QED) is 0.194. The van der Waals surface area contributed by atoms with Crippen LogP contribution < -0.4 is 0 Å². The average molecular weight is 625 g/mol. The normalized spacial score (nSPS) is 19.7. The third-order valence-corrected chi connectivity index (χ3v) is 9.39. The van der Waals surface area contributed by atoms with Gasteiger partial charge in [0.05, 0.1) is 35.9 Å². The number of nitrogens with zero attached hydrogens (tertiary/aromatic N) is 4. The zero-order chi connectivity index (χ0) is 32.5. The van der Waals surface area contributed by atoms with Crippen LogP contribution in [-0.4, -0.2) is 77.1 Å². The number of aromatic amines is 2. The lowest BCUT2D eigenvalue weighted by molar-refractivity contribution is -0.144. The van der Waals surface area contributed by atoms with E-state index in [1.165, 1.54) is 0 Å². The minimum absolute atomic E-state index is 0.133. The third-order valence-electron chi connectivity index (χ3n) is 9.39. The van der Waals surface area contributed by atoms with Crippen LogP contribution in [0, 0.1) is 11.8 Å². The largest absolute Gasteiger partial charge is 0.383 e. The van der Waals surface area contributed by atoms with Crippen LogP contribution in [0.15, 0.2) is 60.9 Å². The van der Waals surface area contributed by atoms with Gasteiger partial charge < -0.3 is 30.0 Å². The summed E-state index contributed by atoms with van der Waals surface area (Å²) in [5, 5.41) is 20.7. The molecular formula is C36H44N6O4. The molecule has 0 bridgehead atoms. The minimum Gasteiger partial charge on any atom is -0.383 e. The lowest BCUT2D eigenvalue weighted by atomic mass is 10.0. The van der Waals surface area contributed by atoms with Crippen LogP contribution in [0.1, 0.15) is 77.1 Å². The molecule has 10 nitrogen and oxygen atoms in total. The van der Waals surface area contributed by atoms with Crippen molar-refractivity contribution in [2.45, 2.75) is 77.7 Å². The summed E-state index contributed by atoms with van der Waals surface area (Å²) in [7, 11) is 0. The highest BCUT2D eigenvalue weighted by atomic mass is 16.3. The Morgan fingerprint density at radius 3 is 1.35 bits per heavy atom. The van der Waals surface area contributed by atoms with Gasteiger partial charge in [-0.25, -0.2) is 9.97 Å². The molecule has 0 radical (unpaired) electrons. The van der Waals surface area contributed by atoms with Crippen molar-refractivity contribution in [1.29, 1.82) is 0 Å². The smallest absolute Gasteiger partial charge is 0.252 e. The summed E-state index contributed by atoms with van der Waals surface area (Å²) in [6.45, 7) is 8.65. The molecule has 4 heterocycles. The van der Waals surface area contributed by atoms with E-state index >= 15 is 0 Å². The summed E-state index contributed by atoms with van der Waals surface area (Å²) in [4.78, 5) is 45.3. The number of hydrogen-bond acceptors (Lipinski definition) is 6. The van der Waals surface area contributed by atoms with Gasteiger partial charge in [-0.05, 0) is 59.8 Å². The van der Waals surface area contributed by atoms with E-state index in [0.29, 0.717) is 13.1 Å². The Hall–Kier alpha value is -4.28. The fraction of sp³-hybridized carbons (Fsp3) is 0.444. The number of benzene rings is 2. The fourth-order valence-corrected chi connectivity index (χ4v) is 6.53. The third kappa shape index (κ3) is 6.24. The predicted molar refractivity (Wildman–Crippen MR) is 176 cm³/mol. The summed E-state index contributed by atoms with van der Waals surface area (Å²) >= 11 is 0. The van der Waals surface area contributed by atoms with E-state index in [1.807, 2.05) is 40.1 Å². The molecule has 4 aromatic rings. The molecule has 0 spiro atoms. The fourth-order valence-electron chi connectivity index (χ4n) is 6.53. The highest BCUT2D eigenvalue weighted by Crippen LogP contribution is 2.35. The van der Waals surface area contributed by atoms with Crippen molar-refractivity contribution in [3.63, 3.8) is 0 Å². The number of rotatable bonds is 9. The summed E-state index contributed by atoms with van der Waals surface area (Å²) in [6, 6.07) is 16.3. The Labute approximate surface area is 269 Å². The molecule has 6 rings (SSSR count). The number of amides is 2. The highest BCUT2D eigenvalue weighted by molar-refractivity contribution is 5.82. The molecule has 2 aliphatic rings. The van der Waals surface area contributed by atoms with Crippen LogP contribution in [0.4, 0.5) is 0 Å². The molecule has 10 heteroatoms. The van der Waals surface area contributed by atoms with E-state index in [9.17, 15) is 19.8 Å². The first-order valence-corrected chi connectivity index (χ1v) is 16.4. The number of aliphatic hydroxyl groups excluding tert-OH is 2. The van der Waals surface area contributed by atoms with Crippen molar-refractivity contribution in [3.8, 4) is 33.6 Å². The van der Waals surface area contributed by atoms with Crippen LogP contribution in [0.2, 0.25) is 0 Å². The van der Waals surface area contributed by atoms with Gasteiger partial charge in [0, 0.05) is 13.1 Å². The summed E-state index contributed by atoms with van der Waals surface area (Å²) < 4.78 is 0. The van der Waals surface area contributed by atoms with E-state index in [0.717, 1.165) is 71.0 Å².